The number of rotatable bonds is 4. The molecule has 0 radical (unpaired) electrons. The fraction of sp³-hybridized carbons (Fsp3) is 0.556. The maximum absolute atomic E-state index is 11.7. The van der Waals surface area contributed by atoms with Crippen LogP contribution in [0.3, 0.4) is 0 Å². The first-order chi connectivity index (χ1) is 7.47. The topological polar surface area (TPSA) is 79.3 Å². The highest BCUT2D eigenvalue weighted by atomic mass is 32.1. The summed E-state index contributed by atoms with van der Waals surface area (Å²) >= 11 is 5.06. The first-order valence-electron chi connectivity index (χ1n) is 4.79. The molecule has 0 aliphatic rings. The maximum atomic E-state index is 11.7. The van der Waals surface area contributed by atoms with Crippen LogP contribution in [0.5, 0.6) is 0 Å². The van der Waals surface area contributed by atoms with Crippen molar-refractivity contribution in [2.45, 2.75) is 20.0 Å². The Morgan fingerprint density at radius 2 is 2.38 bits per heavy atom. The van der Waals surface area contributed by atoms with Crippen molar-refractivity contribution in [3.8, 4) is 0 Å². The van der Waals surface area contributed by atoms with E-state index < -0.39 is 12.0 Å². The molecule has 16 heavy (non-hydrogen) atoms. The Morgan fingerprint density at radius 1 is 1.75 bits per heavy atom. The van der Waals surface area contributed by atoms with Gasteiger partial charge in [0.2, 0.25) is 0 Å². The van der Waals surface area contributed by atoms with E-state index in [1.165, 1.54) is 0 Å². The van der Waals surface area contributed by atoms with E-state index in [2.05, 4.69) is 10.6 Å². The second-order valence-corrected chi connectivity index (χ2v) is 3.90. The Kier molecular flexibility index (Phi) is 4.22. The lowest BCUT2D eigenvalue weighted by atomic mass is 10.2. The van der Waals surface area contributed by atoms with Gasteiger partial charge in [-0.2, -0.15) is 0 Å². The molecule has 90 valence electrons. The summed E-state index contributed by atoms with van der Waals surface area (Å²) in [4.78, 5) is 16.6. The number of amides is 1. The van der Waals surface area contributed by atoms with Gasteiger partial charge in [-0.1, -0.05) is 12.2 Å². The molecule has 3 N–H and O–H groups in total. The van der Waals surface area contributed by atoms with Crippen LogP contribution in [0.25, 0.3) is 0 Å². The highest BCUT2D eigenvalue weighted by molar-refractivity contribution is 7.71. The number of carbonyl (C=O) groups excluding carboxylic acids is 1. The first-order valence-corrected chi connectivity index (χ1v) is 5.20. The Balaban J connectivity index is 2.77. The van der Waals surface area contributed by atoms with Gasteiger partial charge in [0.15, 0.2) is 0 Å². The van der Waals surface area contributed by atoms with Gasteiger partial charge in [-0.3, -0.25) is 14.3 Å². The zero-order chi connectivity index (χ0) is 12.3. The molecule has 1 aromatic heterocycles. The van der Waals surface area contributed by atoms with E-state index in [-0.39, 0.29) is 6.61 Å². The molecule has 1 unspecified atom stereocenters. The summed E-state index contributed by atoms with van der Waals surface area (Å²) < 4.78 is 1.99. The van der Waals surface area contributed by atoms with Gasteiger partial charge in [0, 0.05) is 12.7 Å². The van der Waals surface area contributed by atoms with E-state index in [1.807, 2.05) is 0 Å². The summed E-state index contributed by atoms with van der Waals surface area (Å²) in [5, 5.41) is 11.6. The highest BCUT2D eigenvalue weighted by Gasteiger charge is 2.15. The average Bonchev–Trinajstić information content (AvgIpc) is 2.49. The number of hydrogen-bond donors (Lipinski definition) is 3. The van der Waals surface area contributed by atoms with Gasteiger partial charge >= 0.3 is 0 Å². The van der Waals surface area contributed by atoms with Crippen molar-refractivity contribution >= 4 is 18.1 Å². The Bertz CT molecular complexity index is 438. The molecule has 6 nitrogen and oxygen atoms in total. The highest BCUT2D eigenvalue weighted by Crippen LogP contribution is 2.07. The second kappa shape index (κ2) is 5.24. The summed E-state index contributed by atoms with van der Waals surface area (Å²) in [5.74, 6) is -0.417. The number of nitrogens with zero attached hydrogens (tertiary/aromatic N) is 1. The number of aromatic amines is 1. The van der Waals surface area contributed by atoms with Crippen LogP contribution in [0.15, 0.2) is 0 Å². The van der Waals surface area contributed by atoms with Crippen LogP contribution >= 0.6 is 12.2 Å². The third-order valence-electron chi connectivity index (χ3n) is 2.07. The van der Waals surface area contributed by atoms with Crippen molar-refractivity contribution in [3.05, 3.63) is 15.9 Å². The van der Waals surface area contributed by atoms with Crippen molar-refractivity contribution < 1.29 is 14.7 Å². The minimum atomic E-state index is -0.453. The fourth-order valence-electron chi connectivity index (χ4n) is 1.20. The number of nitrogens with one attached hydrogen (secondary N) is 2. The van der Waals surface area contributed by atoms with E-state index in [4.69, 9.17) is 22.2 Å². The van der Waals surface area contributed by atoms with Crippen LogP contribution in [-0.2, 0) is 11.9 Å². The van der Waals surface area contributed by atoms with Crippen molar-refractivity contribution in [3.63, 3.8) is 0 Å². The second-order valence-electron chi connectivity index (χ2n) is 3.52. The molecule has 0 aliphatic carbocycles. The summed E-state index contributed by atoms with van der Waals surface area (Å²) in [5.41, 5.74) is 3.29. The van der Waals surface area contributed by atoms with Gasteiger partial charge in [0.1, 0.15) is 10.7 Å². The number of hydrogen-bond acceptors (Lipinski definition) is 4. The van der Waals surface area contributed by atoms with E-state index in [0.717, 1.165) is 0 Å². The Morgan fingerprint density at radius 3 is 2.81 bits per heavy atom. The summed E-state index contributed by atoms with van der Waals surface area (Å²) in [6, 6.07) is 0. The number of aromatic nitrogens is 2. The SMILES string of the molecule is Cc1[nH]n(C)c(=S)c1C(=O)NOC(C)CO. The molecule has 7 heteroatoms. The Labute approximate surface area is 98.2 Å². The number of aryl methyl sites for hydroxylation is 2. The lowest BCUT2D eigenvalue weighted by Gasteiger charge is -2.09. The summed E-state index contributed by atoms with van der Waals surface area (Å²) in [6.45, 7) is 3.22. The first kappa shape index (κ1) is 12.9. The Hall–Kier alpha value is -1.18. The third-order valence-corrected chi connectivity index (χ3v) is 2.54. The van der Waals surface area contributed by atoms with E-state index in [1.54, 1.807) is 25.6 Å². The van der Waals surface area contributed by atoms with E-state index in [0.29, 0.717) is 15.9 Å². The number of aliphatic hydroxyl groups is 1. The predicted molar refractivity (Wildman–Crippen MR) is 60.4 cm³/mol. The van der Waals surface area contributed by atoms with Crippen LogP contribution in [0.1, 0.15) is 23.0 Å². The molecule has 0 saturated heterocycles. The zero-order valence-electron chi connectivity index (χ0n) is 9.40. The lowest BCUT2D eigenvalue weighted by molar-refractivity contribution is -0.0304. The van der Waals surface area contributed by atoms with Crippen molar-refractivity contribution in [1.82, 2.24) is 15.3 Å². The van der Waals surface area contributed by atoms with Gasteiger partial charge in [0.25, 0.3) is 5.91 Å². The minimum absolute atomic E-state index is 0.166. The quantitative estimate of drug-likeness (QED) is 0.531. The third kappa shape index (κ3) is 2.69. The van der Waals surface area contributed by atoms with Crippen LogP contribution in [0.4, 0.5) is 0 Å². The number of hydroxylamine groups is 1. The smallest absolute Gasteiger partial charge is 0.279 e. The van der Waals surface area contributed by atoms with Crippen molar-refractivity contribution in [1.29, 1.82) is 0 Å². The molecule has 0 bridgehead atoms. The molecule has 1 rings (SSSR count). The molecule has 0 aromatic carbocycles. The van der Waals surface area contributed by atoms with E-state index in [9.17, 15) is 4.79 Å². The minimum Gasteiger partial charge on any atom is -0.394 e. The molecule has 0 saturated carbocycles. The van der Waals surface area contributed by atoms with E-state index >= 15 is 0 Å². The van der Waals surface area contributed by atoms with Gasteiger partial charge in [-0.25, -0.2) is 5.48 Å². The number of aliphatic hydroxyl groups excluding tert-OH is 1. The molecule has 0 spiro atoms. The van der Waals surface area contributed by atoms with Crippen molar-refractivity contribution in [2.24, 2.45) is 7.05 Å². The fourth-order valence-corrected chi connectivity index (χ4v) is 1.49. The molecular formula is C9H15N3O3S. The van der Waals surface area contributed by atoms with Crippen LogP contribution < -0.4 is 5.48 Å². The predicted octanol–water partition coefficient (Wildman–Crippen LogP) is 0.433. The van der Waals surface area contributed by atoms with Crippen LogP contribution in [-0.4, -0.2) is 33.5 Å². The number of carbonyl (C=O) groups is 1. The molecule has 1 aromatic rings. The largest absolute Gasteiger partial charge is 0.394 e. The molecule has 0 fully saturated rings. The maximum Gasteiger partial charge on any atom is 0.279 e. The van der Waals surface area contributed by atoms with Gasteiger partial charge < -0.3 is 10.2 Å². The van der Waals surface area contributed by atoms with Gasteiger partial charge in [0.05, 0.1) is 12.2 Å². The van der Waals surface area contributed by atoms with Gasteiger partial charge in [-0.15, -0.1) is 0 Å². The average molecular weight is 245 g/mol. The molecule has 1 heterocycles. The summed E-state index contributed by atoms with van der Waals surface area (Å²) in [7, 11) is 1.73. The normalized spacial score (nSPS) is 12.5. The lowest BCUT2D eigenvalue weighted by Crippen LogP contribution is -2.30. The van der Waals surface area contributed by atoms with Crippen molar-refractivity contribution in [2.75, 3.05) is 6.61 Å². The molecule has 1 atom stereocenters. The summed E-state index contributed by atoms with van der Waals surface area (Å²) in [6.07, 6.45) is -0.453. The van der Waals surface area contributed by atoms with Crippen LogP contribution in [0.2, 0.25) is 0 Å². The number of H-pyrrole nitrogens is 1. The van der Waals surface area contributed by atoms with Crippen LogP contribution in [0, 0.1) is 11.6 Å². The molecular weight excluding hydrogens is 230 g/mol. The zero-order valence-corrected chi connectivity index (χ0v) is 10.2. The monoisotopic (exact) mass is 245 g/mol. The molecule has 0 aliphatic heterocycles. The van der Waals surface area contributed by atoms with Gasteiger partial charge in [-0.05, 0) is 13.8 Å². The molecule has 1 amide bonds. The standard InChI is InChI=1S/C9H15N3O3S/c1-5(4-13)15-11-8(14)7-6(2)10-12(3)9(7)16/h5,10,13H,4H2,1-3H3,(H,11,14).